The molecule has 1 saturated heterocycles. The SMILES string of the molecule is CC.COC(=O)c1cncc(N2CCOCC2)c1. The minimum absolute atomic E-state index is 0.359. The van der Waals surface area contributed by atoms with Crippen LogP contribution in [0.2, 0.25) is 0 Å². The Balaban J connectivity index is 0.000000771. The van der Waals surface area contributed by atoms with Crippen molar-refractivity contribution in [2.75, 3.05) is 38.3 Å². The van der Waals surface area contributed by atoms with Crippen LogP contribution in [0.25, 0.3) is 0 Å². The third-order valence-corrected chi connectivity index (χ3v) is 2.52. The van der Waals surface area contributed by atoms with Crippen LogP contribution in [0.3, 0.4) is 0 Å². The van der Waals surface area contributed by atoms with Crippen LogP contribution in [0.15, 0.2) is 18.5 Å². The van der Waals surface area contributed by atoms with Gasteiger partial charge in [0.05, 0.1) is 37.8 Å². The summed E-state index contributed by atoms with van der Waals surface area (Å²) in [6.07, 6.45) is 3.26. The second kappa shape index (κ2) is 7.66. The summed E-state index contributed by atoms with van der Waals surface area (Å²) in [7, 11) is 1.36. The maximum atomic E-state index is 11.3. The average molecular weight is 252 g/mol. The van der Waals surface area contributed by atoms with Gasteiger partial charge in [0.1, 0.15) is 0 Å². The normalized spacial score (nSPS) is 14.5. The van der Waals surface area contributed by atoms with E-state index in [-0.39, 0.29) is 5.97 Å². The van der Waals surface area contributed by atoms with Gasteiger partial charge in [0.15, 0.2) is 0 Å². The fraction of sp³-hybridized carbons (Fsp3) is 0.538. The van der Waals surface area contributed by atoms with E-state index in [2.05, 4.69) is 14.6 Å². The summed E-state index contributed by atoms with van der Waals surface area (Å²) in [6.45, 7) is 7.07. The van der Waals surface area contributed by atoms with Gasteiger partial charge < -0.3 is 14.4 Å². The molecule has 0 amide bonds. The number of ether oxygens (including phenoxy) is 2. The van der Waals surface area contributed by atoms with Crippen LogP contribution in [-0.4, -0.2) is 44.4 Å². The number of hydrogen-bond donors (Lipinski definition) is 0. The summed E-state index contributed by atoms with van der Waals surface area (Å²) < 4.78 is 9.92. The first kappa shape index (κ1) is 14.4. The minimum atomic E-state index is -0.359. The van der Waals surface area contributed by atoms with Gasteiger partial charge in [-0.05, 0) is 6.07 Å². The summed E-state index contributed by atoms with van der Waals surface area (Å²) in [5, 5.41) is 0. The van der Waals surface area contributed by atoms with Gasteiger partial charge in [-0.2, -0.15) is 0 Å². The van der Waals surface area contributed by atoms with E-state index in [0.717, 1.165) is 18.8 Å². The Bertz CT molecular complexity index is 376. The van der Waals surface area contributed by atoms with Crippen LogP contribution in [0.1, 0.15) is 24.2 Å². The molecule has 2 rings (SSSR count). The predicted molar refractivity (Wildman–Crippen MR) is 70.0 cm³/mol. The van der Waals surface area contributed by atoms with Crippen molar-refractivity contribution >= 4 is 11.7 Å². The zero-order chi connectivity index (χ0) is 13.4. The highest BCUT2D eigenvalue weighted by molar-refractivity contribution is 5.89. The van der Waals surface area contributed by atoms with Crippen molar-refractivity contribution in [1.82, 2.24) is 4.98 Å². The summed E-state index contributed by atoms with van der Waals surface area (Å²) in [6, 6.07) is 1.80. The van der Waals surface area contributed by atoms with Crippen LogP contribution in [0.4, 0.5) is 5.69 Å². The zero-order valence-corrected chi connectivity index (χ0v) is 11.2. The largest absolute Gasteiger partial charge is 0.465 e. The summed E-state index contributed by atoms with van der Waals surface area (Å²) in [5.41, 5.74) is 1.41. The van der Waals surface area contributed by atoms with Crippen molar-refractivity contribution in [2.24, 2.45) is 0 Å². The van der Waals surface area contributed by atoms with Crippen LogP contribution in [0, 0.1) is 0 Å². The predicted octanol–water partition coefficient (Wildman–Crippen LogP) is 1.73. The lowest BCUT2D eigenvalue weighted by Crippen LogP contribution is -2.36. The Kier molecular flexibility index (Phi) is 6.14. The lowest BCUT2D eigenvalue weighted by molar-refractivity contribution is 0.0600. The number of hydrogen-bond acceptors (Lipinski definition) is 5. The van der Waals surface area contributed by atoms with Gasteiger partial charge in [-0.25, -0.2) is 4.79 Å². The number of nitrogens with zero attached hydrogens (tertiary/aromatic N) is 2. The van der Waals surface area contributed by atoms with Crippen LogP contribution >= 0.6 is 0 Å². The second-order valence-electron chi connectivity index (χ2n) is 3.52. The molecule has 0 aromatic carbocycles. The molecule has 5 heteroatoms. The molecule has 1 aromatic heterocycles. The molecular weight excluding hydrogens is 232 g/mol. The third kappa shape index (κ3) is 3.70. The van der Waals surface area contributed by atoms with Crippen molar-refractivity contribution in [1.29, 1.82) is 0 Å². The fourth-order valence-electron chi connectivity index (χ4n) is 1.65. The molecule has 1 fully saturated rings. The molecule has 0 N–H and O–H groups in total. The molecule has 0 atom stereocenters. The molecule has 0 aliphatic carbocycles. The monoisotopic (exact) mass is 252 g/mol. The maximum absolute atomic E-state index is 11.3. The van der Waals surface area contributed by atoms with Gasteiger partial charge in [-0.3, -0.25) is 4.98 Å². The quantitative estimate of drug-likeness (QED) is 0.750. The molecule has 1 aliphatic rings. The lowest BCUT2D eigenvalue weighted by Gasteiger charge is -2.28. The highest BCUT2D eigenvalue weighted by atomic mass is 16.5. The maximum Gasteiger partial charge on any atom is 0.339 e. The van der Waals surface area contributed by atoms with Gasteiger partial charge in [0.25, 0.3) is 0 Å². The molecule has 0 bridgehead atoms. The van der Waals surface area contributed by atoms with Crippen LogP contribution < -0.4 is 4.90 Å². The van der Waals surface area contributed by atoms with E-state index in [0.29, 0.717) is 18.8 Å². The number of carbonyl (C=O) groups excluding carboxylic acids is 1. The zero-order valence-electron chi connectivity index (χ0n) is 11.2. The highest BCUT2D eigenvalue weighted by Gasteiger charge is 2.13. The topological polar surface area (TPSA) is 51.7 Å². The number of methoxy groups -OCH3 is 1. The average Bonchev–Trinajstić information content (AvgIpc) is 2.49. The van der Waals surface area contributed by atoms with Crippen LogP contribution in [0.5, 0.6) is 0 Å². The number of morpholine rings is 1. The molecule has 0 spiro atoms. The Morgan fingerprint density at radius 3 is 2.61 bits per heavy atom. The number of aromatic nitrogens is 1. The van der Waals surface area contributed by atoms with Crippen LogP contribution in [-0.2, 0) is 9.47 Å². The first-order valence-corrected chi connectivity index (χ1v) is 6.17. The van der Waals surface area contributed by atoms with E-state index < -0.39 is 0 Å². The van der Waals surface area contributed by atoms with E-state index in [1.165, 1.54) is 13.3 Å². The molecule has 0 unspecified atom stereocenters. The second-order valence-corrected chi connectivity index (χ2v) is 3.52. The molecule has 2 heterocycles. The summed E-state index contributed by atoms with van der Waals surface area (Å²) >= 11 is 0. The van der Waals surface area contributed by atoms with E-state index in [1.807, 2.05) is 13.8 Å². The molecule has 18 heavy (non-hydrogen) atoms. The number of rotatable bonds is 2. The van der Waals surface area contributed by atoms with Gasteiger partial charge in [0, 0.05) is 19.3 Å². The Morgan fingerprint density at radius 2 is 2.00 bits per heavy atom. The Morgan fingerprint density at radius 1 is 1.33 bits per heavy atom. The summed E-state index contributed by atoms with van der Waals surface area (Å²) in [5.74, 6) is -0.359. The first-order chi connectivity index (χ1) is 8.81. The molecular formula is C13H20N2O3. The summed E-state index contributed by atoms with van der Waals surface area (Å²) in [4.78, 5) is 17.5. The van der Waals surface area contributed by atoms with Gasteiger partial charge in [0.2, 0.25) is 0 Å². The van der Waals surface area contributed by atoms with Crippen molar-refractivity contribution in [3.8, 4) is 0 Å². The number of pyridine rings is 1. The Labute approximate surface area is 108 Å². The third-order valence-electron chi connectivity index (χ3n) is 2.52. The molecule has 0 saturated carbocycles. The van der Waals surface area contributed by atoms with E-state index in [4.69, 9.17) is 4.74 Å². The number of anilines is 1. The molecule has 1 aromatic rings. The number of carbonyl (C=O) groups is 1. The van der Waals surface area contributed by atoms with Gasteiger partial charge >= 0.3 is 5.97 Å². The number of esters is 1. The van der Waals surface area contributed by atoms with E-state index in [9.17, 15) is 4.79 Å². The standard InChI is InChI=1S/C11H14N2O3.C2H6/c1-15-11(14)9-6-10(8-12-7-9)13-2-4-16-5-3-13;1-2/h6-8H,2-5H2,1H3;1-2H3. The lowest BCUT2D eigenvalue weighted by atomic mass is 10.2. The smallest absolute Gasteiger partial charge is 0.339 e. The van der Waals surface area contributed by atoms with E-state index >= 15 is 0 Å². The van der Waals surface area contributed by atoms with Gasteiger partial charge in [-0.1, -0.05) is 13.8 Å². The van der Waals surface area contributed by atoms with Crippen molar-refractivity contribution in [3.63, 3.8) is 0 Å². The molecule has 1 aliphatic heterocycles. The van der Waals surface area contributed by atoms with Crippen molar-refractivity contribution in [2.45, 2.75) is 13.8 Å². The Hall–Kier alpha value is -1.62. The van der Waals surface area contributed by atoms with Crippen molar-refractivity contribution in [3.05, 3.63) is 24.0 Å². The van der Waals surface area contributed by atoms with Gasteiger partial charge in [-0.15, -0.1) is 0 Å². The highest BCUT2D eigenvalue weighted by Crippen LogP contribution is 2.16. The minimum Gasteiger partial charge on any atom is -0.465 e. The fourth-order valence-corrected chi connectivity index (χ4v) is 1.65. The first-order valence-electron chi connectivity index (χ1n) is 6.17. The van der Waals surface area contributed by atoms with Crippen molar-refractivity contribution < 1.29 is 14.3 Å². The molecule has 0 radical (unpaired) electrons. The molecule has 5 nitrogen and oxygen atoms in total. The molecule has 100 valence electrons. The van der Waals surface area contributed by atoms with E-state index in [1.54, 1.807) is 12.3 Å².